The number of unbranched alkanes of at least 4 members (excludes halogenated alkanes) is 9. The molecule has 0 rings (SSSR count). The number of likely N-dealkylation sites (N-methyl/N-ethyl adjacent to an activating group) is 1. The van der Waals surface area contributed by atoms with Gasteiger partial charge in [-0.05, 0) is 53.5 Å². The largest absolute Gasteiger partial charge is 0.377 e. The highest BCUT2D eigenvalue weighted by molar-refractivity contribution is 5.81. The number of rotatable bonds is 34. The molecule has 12 nitrogen and oxygen atoms in total. The fourth-order valence-electron chi connectivity index (χ4n) is 4.83. The van der Waals surface area contributed by atoms with Crippen LogP contribution in [-0.4, -0.2) is 120 Å². The van der Waals surface area contributed by atoms with Gasteiger partial charge in [-0.25, -0.2) is 0 Å². The van der Waals surface area contributed by atoms with Crippen LogP contribution in [0, 0.1) is 0 Å². The molecule has 0 aliphatic heterocycles. The van der Waals surface area contributed by atoms with Gasteiger partial charge in [0, 0.05) is 32.1 Å². The highest BCUT2D eigenvalue weighted by Crippen LogP contribution is 2.12. The zero-order chi connectivity index (χ0) is 35.0. The standard InChI is InChI=1S/C35H68N4O8/c1-6-7-8-9-10-11-12-13-14-18-33(41)37-20-22-44-24-27-47-29-35(43)38-21-23-45-25-26-46-28-34(42)36-19-16-15-17-32(31(4)40)39(5)30(2)3/h30,32H,6-29H2,1-5H3,(H,36,42)(H,37,41)(H,38,43)/t32-/m0/s1. The van der Waals surface area contributed by atoms with Crippen molar-refractivity contribution in [2.45, 2.75) is 123 Å². The van der Waals surface area contributed by atoms with E-state index in [1.54, 1.807) is 6.92 Å². The van der Waals surface area contributed by atoms with Gasteiger partial charge in [0.05, 0.1) is 45.7 Å². The molecule has 0 radical (unpaired) electrons. The molecule has 0 spiro atoms. The number of carbonyl (C=O) groups is 4. The van der Waals surface area contributed by atoms with Crippen molar-refractivity contribution in [1.82, 2.24) is 20.9 Å². The van der Waals surface area contributed by atoms with Crippen LogP contribution in [0.1, 0.15) is 111 Å². The summed E-state index contributed by atoms with van der Waals surface area (Å²) >= 11 is 0. The molecule has 3 N–H and O–H groups in total. The summed E-state index contributed by atoms with van der Waals surface area (Å²) in [5.74, 6) is -0.188. The molecular formula is C35H68N4O8. The summed E-state index contributed by atoms with van der Waals surface area (Å²) in [5.41, 5.74) is 0. The summed E-state index contributed by atoms with van der Waals surface area (Å²) in [6, 6.07) is 0.218. The Morgan fingerprint density at radius 1 is 0.574 bits per heavy atom. The van der Waals surface area contributed by atoms with Crippen LogP contribution in [0.2, 0.25) is 0 Å². The van der Waals surface area contributed by atoms with Crippen molar-refractivity contribution in [2.24, 2.45) is 0 Å². The van der Waals surface area contributed by atoms with E-state index in [1.807, 2.05) is 7.05 Å². The van der Waals surface area contributed by atoms with Gasteiger partial charge in [-0.1, -0.05) is 58.3 Å². The van der Waals surface area contributed by atoms with Crippen molar-refractivity contribution in [3.8, 4) is 0 Å². The fourth-order valence-corrected chi connectivity index (χ4v) is 4.83. The molecule has 0 aromatic rings. The molecular weight excluding hydrogens is 604 g/mol. The average molecular weight is 673 g/mol. The third-order valence-corrected chi connectivity index (χ3v) is 7.86. The molecule has 12 heteroatoms. The summed E-state index contributed by atoms with van der Waals surface area (Å²) in [4.78, 5) is 49.6. The second-order valence-electron chi connectivity index (χ2n) is 12.3. The number of carbonyl (C=O) groups excluding carboxylic acids is 4. The molecule has 0 bridgehead atoms. The Morgan fingerprint density at radius 3 is 1.55 bits per heavy atom. The maximum absolute atomic E-state index is 11.9. The topological polar surface area (TPSA) is 145 Å². The van der Waals surface area contributed by atoms with E-state index < -0.39 is 0 Å². The molecule has 47 heavy (non-hydrogen) atoms. The quantitative estimate of drug-likeness (QED) is 0.0870. The maximum atomic E-state index is 11.9. The minimum atomic E-state index is -0.242. The molecule has 0 heterocycles. The summed E-state index contributed by atoms with van der Waals surface area (Å²) in [7, 11) is 1.97. The van der Waals surface area contributed by atoms with E-state index >= 15 is 0 Å². The van der Waals surface area contributed by atoms with E-state index in [9.17, 15) is 19.2 Å². The third kappa shape index (κ3) is 29.7. The molecule has 0 unspecified atom stereocenters. The number of nitrogens with zero attached hydrogens (tertiary/aromatic N) is 1. The van der Waals surface area contributed by atoms with Crippen LogP contribution in [-0.2, 0) is 38.1 Å². The molecule has 0 saturated carbocycles. The molecule has 1 atom stereocenters. The minimum Gasteiger partial charge on any atom is -0.377 e. The zero-order valence-corrected chi connectivity index (χ0v) is 30.3. The lowest BCUT2D eigenvalue weighted by atomic mass is 10.0. The number of hydrogen-bond acceptors (Lipinski definition) is 9. The Bertz CT molecular complexity index is 800. The first-order valence-electron chi connectivity index (χ1n) is 18.0. The Kier molecular flexibility index (Phi) is 31.0. The van der Waals surface area contributed by atoms with Gasteiger partial charge in [0.1, 0.15) is 19.0 Å². The van der Waals surface area contributed by atoms with Crippen molar-refractivity contribution in [3.63, 3.8) is 0 Å². The first-order valence-corrected chi connectivity index (χ1v) is 18.0. The van der Waals surface area contributed by atoms with E-state index in [2.05, 4.69) is 41.6 Å². The normalized spacial score (nSPS) is 12.0. The number of nitrogens with one attached hydrogen (secondary N) is 3. The van der Waals surface area contributed by atoms with Crippen LogP contribution < -0.4 is 16.0 Å². The van der Waals surface area contributed by atoms with E-state index in [-0.39, 0.29) is 56.0 Å². The molecule has 0 fully saturated rings. The van der Waals surface area contributed by atoms with Crippen LogP contribution >= 0.6 is 0 Å². The van der Waals surface area contributed by atoms with Gasteiger partial charge < -0.3 is 34.9 Å². The van der Waals surface area contributed by atoms with Crippen LogP contribution in [0.25, 0.3) is 0 Å². The summed E-state index contributed by atoms with van der Waals surface area (Å²) in [6.45, 7) is 11.2. The summed E-state index contributed by atoms with van der Waals surface area (Å²) in [5, 5.41) is 8.41. The highest BCUT2D eigenvalue weighted by Gasteiger charge is 2.21. The number of Topliss-reactive ketones (excluding diaryl/α,β-unsaturated/α-hetero) is 1. The maximum Gasteiger partial charge on any atom is 0.246 e. The molecule has 0 saturated heterocycles. The van der Waals surface area contributed by atoms with Crippen LogP contribution in [0.3, 0.4) is 0 Å². The number of amides is 3. The predicted octanol–water partition coefficient (Wildman–Crippen LogP) is 3.79. The highest BCUT2D eigenvalue weighted by atomic mass is 16.5. The van der Waals surface area contributed by atoms with Gasteiger partial charge in [0.25, 0.3) is 0 Å². The van der Waals surface area contributed by atoms with Crippen LogP contribution in [0.5, 0.6) is 0 Å². The van der Waals surface area contributed by atoms with E-state index in [4.69, 9.17) is 18.9 Å². The molecule has 0 aliphatic carbocycles. The number of ketones is 1. The predicted molar refractivity (Wildman–Crippen MR) is 185 cm³/mol. The van der Waals surface area contributed by atoms with Crippen molar-refractivity contribution in [2.75, 3.05) is 79.5 Å². The van der Waals surface area contributed by atoms with E-state index in [1.165, 1.54) is 44.9 Å². The first-order chi connectivity index (χ1) is 22.7. The SMILES string of the molecule is CCCCCCCCCCCC(=O)NCCOCCOCC(=O)NCCOCCOCC(=O)NCCCC[C@@H](C(C)=O)N(C)C(C)C. The third-order valence-electron chi connectivity index (χ3n) is 7.86. The van der Waals surface area contributed by atoms with Gasteiger partial charge in [0.15, 0.2) is 0 Å². The average Bonchev–Trinajstić information content (AvgIpc) is 3.03. The van der Waals surface area contributed by atoms with Crippen LogP contribution in [0.15, 0.2) is 0 Å². The number of ether oxygens (including phenoxy) is 4. The minimum absolute atomic E-state index is 0.0403. The second kappa shape index (κ2) is 32.4. The molecule has 0 aliphatic rings. The van der Waals surface area contributed by atoms with Gasteiger partial charge in [-0.3, -0.25) is 24.1 Å². The lowest BCUT2D eigenvalue weighted by molar-refractivity contribution is -0.127. The monoisotopic (exact) mass is 673 g/mol. The van der Waals surface area contributed by atoms with Crippen molar-refractivity contribution < 1.29 is 38.1 Å². The number of hydrogen-bond donors (Lipinski definition) is 3. The Morgan fingerprint density at radius 2 is 1.04 bits per heavy atom. The smallest absolute Gasteiger partial charge is 0.246 e. The Balaban J connectivity index is 3.47. The zero-order valence-electron chi connectivity index (χ0n) is 30.3. The summed E-state index contributed by atoms with van der Waals surface area (Å²) < 4.78 is 21.5. The Hall–Kier alpha value is -2.12. The molecule has 0 aromatic carbocycles. The van der Waals surface area contributed by atoms with Gasteiger partial charge in [0.2, 0.25) is 17.7 Å². The fraction of sp³-hybridized carbons (Fsp3) is 0.886. The molecule has 3 amide bonds. The van der Waals surface area contributed by atoms with Gasteiger partial charge >= 0.3 is 0 Å². The lowest BCUT2D eigenvalue weighted by Gasteiger charge is -2.29. The van der Waals surface area contributed by atoms with E-state index in [0.717, 1.165) is 32.1 Å². The van der Waals surface area contributed by atoms with E-state index in [0.29, 0.717) is 58.5 Å². The van der Waals surface area contributed by atoms with Crippen molar-refractivity contribution in [3.05, 3.63) is 0 Å². The first kappa shape index (κ1) is 44.9. The molecule has 276 valence electrons. The summed E-state index contributed by atoms with van der Waals surface area (Å²) in [6.07, 6.45) is 14.1. The van der Waals surface area contributed by atoms with Gasteiger partial charge in [-0.2, -0.15) is 0 Å². The van der Waals surface area contributed by atoms with Crippen molar-refractivity contribution in [1.29, 1.82) is 0 Å². The lowest BCUT2D eigenvalue weighted by Crippen LogP contribution is -2.41. The Labute approximate surface area is 285 Å². The van der Waals surface area contributed by atoms with Gasteiger partial charge in [-0.15, -0.1) is 0 Å². The van der Waals surface area contributed by atoms with Crippen molar-refractivity contribution >= 4 is 23.5 Å². The second-order valence-corrected chi connectivity index (χ2v) is 12.3. The molecule has 0 aromatic heterocycles. The van der Waals surface area contributed by atoms with Crippen LogP contribution in [0.4, 0.5) is 0 Å².